The second-order valence-corrected chi connectivity index (χ2v) is 3.00. The van der Waals surface area contributed by atoms with Crippen LogP contribution < -0.4 is 0 Å². The minimum Gasteiger partial charge on any atom is -0.294 e. The molecule has 1 aliphatic carbocycles. The first-order chi connectivity index (χ1) is 6.19. The van der Waals surface area contributed by atoms with Gasteiger partial charge in [-0.15, -0.1) is 11.5 Å². The first-order valence-corrected chi connectivity index (χ1v) is 4.17. The van der Waals surface area contributed by atoms with Crippen molar-refractivity contribution in [3.63, 3.8) is 0 Å². The van der Waals surface area contributed by atoms with E-state index < -0.39 is 0 Å². The highest BCUT2D eigenvalue weighted by Gasteiger charge is 2.17. The predicted octanol–water partition coefficient (Wildman–Crippen LogP) is 2.72. The number of hydrogen-bond acceptors (Lipinski definition) is 1. The Morgan fingerprint density at radius 1 is 1.54 bits per heavy atom. The number of Topliss-reactive ketones (excluding diaryl/α,β-unsaturated/α-hetero) is 1. The van der Waals surface area contributed by atoms with Crippen molar-refractivity contribution in [1.29, 1.82) is 0 Å². The highest BCUT2D eigenvalue weighted by Crippen LogP contribution is 2.22. The summed E-state index contributed by atoms with van der Waals surface area (Å²) < 4.78 is 0. The zero-order valence-electron chi connectivity index (χ0n) is 7.81. The molecule has 13 heavy (non-hydrogen) atoms. The number of carbonyl (C=O) groups is 1. The fourth-order valence-electron chi connectivity index (χ4n) is 1.29. The van der Waals surface area contributed by atoms with E-state index in [0.717, 1.165) is 23.1 Å². The molecule has 1 nitrogen and oxygen atoms in total. The Hall–Kier alpha value is -1.55. The molecule has 0 amide bonds. The molecule has 0 radical (unpaired) electrons. The van der Waals surface area contributed by atoms with E-state index in [1.165, 1.54) is 0 Å². The first kappa shape index (κ1) is 9.54. The van der Waals surface area contributed by atoms with Crippen LogP contribution in [0.2, 0.25) is 0 Å². The Balaban J connectivity index is 3.04. The lowest BCUT2D eigenvalue weighted by molar-refractivity contribution is -0.114. The summed E-state index contributed by atoms with van der Waals surface area (Å²) >= 11 is 0. The van der Waals surface area contributed by atoms with Crippen LogP contribution in [0.3, 0.4) is 0 Å². The van der Waals surface area contributed by atoms with Gasteiger partial charge in [-0.25, -0.2) is 0 Å². The first-order valence-electron chi connectivity index (χ1n) is 4.17. The number of hydrogen-bond donors (Lipinski definition) is 0. The monoisotopic (exact) mass is 172 g/mol. The normalized spacial score (nSPS) is 15.9. The quantitative estimate of drug-likeness (QED) is 0.556. The van der Waals surface area contributed by atoms with Gasteiger partial charge >= 0.3 is 0 Å². The second kappa shape index (κ2) is 3.91. The van der Waals surface area contributed by atoms with Crippen LogP contribution in [0.5, 0.6) is 0 Å². The third-order valence-electron chi connectivity index (χ3n) is 2.15. The largest absolute Gasteiger partial charge is 0.294 e. The summed E-state index contributed by atoms with van der Waals surface area (Å²) in [5.41, 5.74) is 8.03. The molecule has 0 aliphatic heterocycles. The van der Waals surface area contributed by atoms with Crippen molar-refractivity contribution in [1.82, 2.24) is 0 Å². The smallest absolute Gasteiger partial charge is 0.168 e. The molecular weight excluding hydrogens is 160 g/mol. The molecule has 1 heteroatoms. The minimum atomic E-state index is 0.117. The van der Waals surface area contributed by atoms with Gasteiger partial charge < -0.3 is 0 Å². The molecule has 0 unspecified atom stereocenters. The van der Waals surface area contributed by atoms with Gasteiger partial charge in [0, 0.05) is 17.6 Å². The molecular formula is C12H12O. The average Bonchev–Trinajstić information content (AvgIpc) is 2.16. The summed E-state index contributed by atoms with van der Waals surface area (Å²) in [5, 5.41) is 0. The van der Waals surface area contributed by atoms with Gasteiger partial charge in [-0.2, -0.15) is 0 Å². The van der Waals surface area contributed by atoms with Crippen LogP contribution in [0, 0.1) is 0 Å². The van der Waals surface area contributed by atoms with E-state index in [1.54, 1.807) is 0 Å². The molecule has 0 atom stereocenters. The second-order valence-electron chi connectivity index (χ2n) is 3.00. The van der Waals surface area contributed by atoms with Gasteiger partial charge in [-0.05, 0) is 18.9 Å². The zero-order valence-corrected chi connectivity index (χ0v) is 7.81. The predicted molar refractivity (Wildman–Crippen MR) is 53.3 cm³/mol. The van der Waals surface area contributed by atoms with Crippen LogP contribution in [0.25, 0.3) is 0 Å². The van der Waals surface area contributed by atoms with Gasteiger partial charge in [0.15, 0.2) is 5.78 Å². The van der Waals surface area contributed by atoms with Crippen LogP contribution in [0.4, 0.5) is 0 Å². The molecule has 1 rings (SSSR count). The average molecular weight is 172 g/mol. The summed E-state index contributed by atoms with van der Waals surface area (Å²) in [5.74, 6) is 0.117. The molecule has 0 fully saturated rings. The van der Waals surface area contributed by atoms with E-state index in [9.17, 15) is 4.79 Å². The van der Waals surface area contributed by atoms with Crippen molar-refractivity contribution in [3.05, 3.63) is 47.4 Å². The summed E-state index contributed by atoms with van der Waals surface area (Å²) in [7, 11) is 0. The lowest BCUT2D eigenvalue weighted by atomic mass is 9.90. The molecule has 0 aromatic rings. The topological polar surface area (TPSA) is 17.1 Å². The van der Waals surface area contributed by atoms with Crippen LogP contribution in [-0.2, 0) is 4.79 Å². The maximum absolute atomic E-state index is 11.5. The summed E-state index contributed by atoms with van der Waals surface area (Å²) in [6.07, 6.45) is 3.10. The van der Waals surface area contributed by atoms with E-state index in [1.807, 2.05) is 13.0 Å². The molecule has 0 saturated carbocycles. The third-order valence-corrected chi connectivity index (χ3v) is 2.15. The Labute approximate surface area is 78.5 Å². The molecule has 1 aliphatic rings. The highest BCUT2D eigenvalue weighted by atomic mass is 16.1. The van der Waals surface area contributed by atoms with E-state index >= 15 is 0 Å². The van der Waals surface area contributed by atoms with Gasteiger partial charge in [0.1, 0.15) is 0 Å². The van der Waals surface area contributed by atoms with Gasteiger partial charge in [0.25, 0.3) is 0 Å². The van der Waals surface area contributed by atoms with Crippen molar-refractivity contribution in [2.45, 2.75) is 19.8 Å². The van der Waals surface area contributed by atoms with Crippen molar-refractivity contribution >= 4 is 5.78 Å². The number of rotatable bonds is 1. The standard InChI is InChI=1S/C12H12O/c1-4-9(3)11-7-6-10(5-2)8-12(11)13/h7H,1-2,6,8H2,3H3. The lowest BCUT2D eigenvalue weighted by Crippen LogP contribution is -2.09. The third kappa shape index (κ3) is 1.97. The summed E-state index contributed by atoms with van der Waals surface area (Å²) in [4.78, 5) is 11.5. The fourth-order valence-corrected chi connectivity index (χ4v) is 1.29. The molecule has 0 N–H and O–H groups in total. The van der Waals surface area contributed by atoms with Crippen molar-refractivity contribution in [3.8, 4) is 0 Å². The molecule has 0 spiro atoms. The van der Waals surface area contributed by atoms with Gasteiger partial charge in [0.2, 0.25) is 0 Å². The van der Waals surface area contributed by atoms with Crippen LogP contribution in [0.15, 0.2) is 47.4 Å². The zero-order chi connectivity index (χ0) is 9.84. The SMILES string of the molecule is C=C=C1CC=C(C(C)=C=C)C(=O)C1. The van der Waals surface area contributed by atoms with Crippen molar-refractivity contribution < 1.29 is 4.79 Å². The van der Waals surface area contributed by atoms with E-state index in [2.05, 4.69) is 24.6 Å². The summed E-state index contributed by atoms with van der Waals surface area (Å²) in [6.45, 7) is 8.90. The van der Waals surface area contributed by atoms with Gasteiger partial charge in [-0.1, -0.05) is 19.2 Å². The maximum atomic E-state index is 11.5. The van der Waals surface area contributed by atoms with Crippen LogP contribution in [-0.4, -0.2) is 5.78 Å². The van der Waals surface area contributed by atoms with E-state index in [-0.39, 0.29) is 5.78 Å². The minimum absolute atomic E-state index is 0.117. The molecule has 0 heterocycles. The summed E-state index contributed by atoms with van der Waals surface area (Å²) in [6, 6.07) is 0. The highest BCUT2D eigenvalue weighted by molar-refractivity contribution is 6.01. The number of allylic oxidation sites excluding steroid dienone is 4. The molecule has 0 bridgehead atoms. The Kier molecular flexibility index (Phi) is 2.87. The van der Waals surface area contributed by atoms with E-state index in [4.69, 9.17) is 0 Å². The van der Waals surface area contributed by atoms with E-state index in [0.29, 0.717) is 6.42 Å². The number of ketones is 1. The van der Waals surface area contributed by atoms with Crippen LogP contribution >= 0.6 is 0 Å². The Bertz CT molecular complexity index is 370. The Morgan fingerprint density at radius 2 is 2.23 bits per heavy atom. The maximum Gasteiger partial charge on any atom is 0.168 e. The van der Waals surface area contributed by atoms with Crippen molar-refractivity contribution in [2.24, 2.45) is 0 Å². The number of carbonyl (C=O) groups excluding carboxylic acids is 1. The Morgan fingerprint density at radius 3 is 2.69 bits per heavy atom. The lowest BCUT2D eigenvalue weighted by Gasteiger charge is -2.12. The van der Waals surface area contributed by atoms with Gasteiger partial charge in [-0.3, -0.25) is 4.79 Å². The van der Waals surface area contributed by atoms with Crippen molar-refractivity contribution in [2.75, 3.05) is 0 Å². The molecule has 66 valence electrons. The van der Waals surface area contributed by atoms with Gasteiger partial charge in [0.05, 0.1) is 0 Å². The molecule has 0 aromatic carbocycles. The molecule has 0 aromatic heterocycles. The van der Waals surface area contributed by atoms with Crippen LogP contribution in [0.1, 0.15) is 19.8 Å². The molecule has 0 saturated heterocycles. The fraction of sp³-hybridized carbons (Fsp3) is 0.250.